The second-order valence-electron chi connectivity index (χ2n) is 8.37. The molecule has 1 atom stereocenters. The fourth-order valence-electron chi connectivity index (χ4n) is 3.88. The number of benzene rings is 1. The largest absolute Gasteiger partial charge is 0.467 e. The van der Waals surface area contributed by atoms with Crippen molar-refractivity contribution < 1.29 is 14.0 Å². The van der Waals surface area contributed by atoms with Gasteiger partial charge < -0.3 is 4.42 Å². The van der Waals surface area contributed by atoms with E-state index in [1.807, 2.05) is 50.2 Å². The Morgan fingerprint density at radius 3 is 2.68 bits per heavy atom. The van der Waals surface area contributed by atoms with Gasteiger partial charge in [-0.25, -0.2) is 5.01 Å². The molecule has 0 saturated heterocycles. The van der Waals surface area contributed by atoms with Crippen molar-refractivity contribution in [3.63, 3.8) is 0 Å². The minimum absolute atomic E-state index is 0.0580. The van der Waals surface area contributed by atoms with Crippen LogP contribution in [0.4, 0.5) is 5.13 Å². The van der Waals surface area contributed by atoms with Gasteiger partial charge in [0.05, 0.1) is 17.7 Å². The van der Waals surface area contributed by atoms with E-state index in [0.717, 1.165) is 24.1 Å². The van der Waals surface area contributed by atoms with E-state index in [0.29, 0.717) is 28.1 Å². The highest BCUT2D eigenvalue weighted by molar-refractivity contribution is 8.01. The monoisotopic (exact) mass is 495 g/mol. The van der Waals surface area contributed by atoms with Crippen molar-refractivity contribution in [3.8, 4) is 0 Å². The lowest BCUT2D eigenvalue weighted by Gasteiger charge is -2.19. The van der Waals surface area contributed by atoms with Crippen LogP contribution in [0.5, 0.6) is 0 Å². The number of rotatable bonds is 8. The van der Waals surface area contributed by atoms with Gasteiger partial charge in [-0.05, 0) is 37.5 Å². The van der Waals surface area contributed by atoms with Gasteiger partial charge in [-0.15, -0.1) is 10.2 Å². The van der Waals surface area contributed by atoms with Crippen LogP contribution >= 0.6 is 23.1 Å². The summed E-state index contributed by atoms with van der Waals surface area (Å²) in [7, 11) is 0. The molecule has 34 heavy (non-hydrogen) atoms. The van der Waals surface area contributed by atoms with E-state index >= 15 is 0 Å². The average molecular weight is 496 g/mol. The van der Waals surface area contributed by atoms with Crippen LogP contribution < -0.4 is 4.90 Å². The van der Waals surface area contributed by atoms with Gasteiger partial charge in [0.1, 0.15) is 11.8 Å². The summed E-state index contributed by atoms with van der Waals surface area (Å²) in [4.78, 5) is 27.3. The van der Waals surface area contributed by atoms with Gasteiger partial charge in [0.15, 0.2) is 4.34 Å². The molecule has 3 heterocycles. The van der Waals surface area contributed by atoms with Crippen LogP contribution in [0, 0.1) is 6.92 Å². The third-order valence-electron chi connectivity index (χ3n) is 5.83. The van der Waals surface area contributed by atoms with Crippen LogP contribution in [-0.4, -0.2) is 44.5 Å². The summed E-state index contributed by atoms with van der Waals surface area (Å²) in [5.74, 6) is 0.805. The predicted octanol–water partition coefficient (Wildman–Crippen LogP) is 4.81. The number of anilines is 1. The topological polar surface area (TPSA) is 91.9 Å². The molecule has 2 aliphatic rings. The number of amides is 2. The number of aryl methyl sites for hydroxylation is 1. The van der Waals surface area contributed by atoms with Crippen molar-refractivity contribution in [3.05, 3.63) is 59.5 Å². The van der Waals surface area contributed by atoms with Gasteiger partial charge in [0.2, 0.25) is 11.0 Å². The van der Waals surface area contributed by atoms with Crippen molar-refractivity contribution in [1.82, 2.24) is 15.2 Å². The summed E-state index contributed by atoms with van der Waals surface area (Å²) >= 11 is 2.67. The summed E-state index contributed by atoms with van der Waals surface area (Å²) in [6, 6.07) is 11.8. The van der Waals surface area contributed by atoms with Crippen LogP contribution in [0.1, 0.15) is 55.5 Å². The molecule has 176 valence electrons. The SMILES string of the molecule is CCC(=O)N(c1nnc(SCC(=O)N2N=C(c3ccc(C)cc3)C[C@@H]2c2ccco2)s1)C1CC1. The maximum absolute atomic E-state index is 13.2. The summed E-state index contributed by atoms with van der Waals surface area (Å²) in [6.45, 7) is 3.89. The van der Waals surface area contributed by atoms with Gasteiger partial charge in [-0.2, -0.15) is 5.10 Å². The first kappa shape index (κ1) is 22.8. The number of hydrazone groups is 1. The van der Waals surface area contributed by atoms with Crippen molar-refractivity contribution in [2.24, 2.45) is 5.10 Å². The lowest BCUT2D eigenvalue weighted by molar-refractivity contribution is -0.130. The number of aromatic nitrogens is 2. The van der Waals surface area contributed by atoms with Crippen LogP contribution in [-0.2, 0) is 9.59 Å². The molecule has 1 saturated carbocycles. The minimum Gasteiger partial charge on any atom is -0.467 e. The van der Waals surface area contributed by atoms with Gasteiger partial charge >= 0.3 is 0 Å². The number of carbonyl (C=O) groups is 2. The number of hydrogen-bond acceptors (Lipinski definition) is 8. The molecule has 3 aromatic rings. The fraction of sp³-hybridized carbons (Fsp3) is 0.375. The Kier molecular flexibility index (Phi) is 6.51. The van der Waals surface area contributed by atoms with Crippen LogP contribution in [0.3, 0.4) is 0 Å². The number of carbonyl (C=O) groups excluding carboxylic acids is 2. The zero-order chi connectivity index (χ0) is 23.7. The van der Waals surface area contributed by atoms with E-state index in [9.17, 15) is 9.59 Å². The van der Waals surface area contributed by atoms with Crippen molar-refractivity contribution in [2.75, 3.05) is 10.7 Å². The molecule has 1 aromatic carbocycles. The standard InChI is InChI=1S/C24H25N5O3S2/c1-3-21(30)28(17-10-11-17)23-25-26-24(34-23)33-14-22(31)29-19(20-5-4-12-32-20)13-18(27-29)16-8-6-15(2)7-9-16/h4-9,12,17,19H,3,10-11,13-14H2,1-2H3/t19-/m1/s1. The second-order valence-corrected chi connectivity index (χ2v) is 10.6. The van der Waals surface area contributed by atoms with E-state index in [1.54, 1.807) is 11.2 Å². The first-order valence-electron chi connectivity index (χ1n) is 11.3. The Bertz CT molecular complexity index is 1200. The number of nitrogens with zero attached hydrogens (tertiary/aromatic N) is 5. The maximum Gasteiger partial charge on any atom is 0.253 e. The smallest absolute Gasteiger partial charge is 0.253 e. The zero-order valence-electron chi connectivity index (χ0n) is 19.0. The van der Waals surface area contributed by atoms with E-state index in [1.165, 1.54) is 33.7 Å². The van der Waals surface area contributed by atoms with Gasteiger partial charge in [0.25, 0.3) is 5.91 Å². The van der Waals surface area contributed by atoms with Crippen LogP contribution in [0.2, 0.25) is 0 Å². The molecule has 0 bridgehead atoms. The van der Waals surface area contributed by atoms with Crippen LogP contribution in [0.15, 0.2) is 56.5 Å². The van der Waals surface area contributed by atoms with Crippen LogP contribution in [0.25, 0.3) is 0 Å². The Morgan fingerprint density at radius 1 is 1.21 bits per heavy atom. The quantitative estimate of drug-likeness (QED) is 0.329. The first-order valence-corrected chi connectivity index (χ1v) is 13.1. The molecule has 1 aliphatic carbocycles. The highest BCUT2D eigenvalue weighted by Gasteiger charge is 2.36. The second kappa shape index (κ2) is 9.71. The van der Waals surface area contributed by atoms with E-state index in [4.69, 9.17) is 4.42 Å². The van der Waals surface area contributed by atoms with Gasteiger partial charge in [-0.1, -0.05) is 59.9 Å². The lowest BCUT2D eigenvalue weighted by Crippen LogP contribution is -2.32. The molecular formula is C24H25N5O3S2. The Morgan fingerprint density at radius 2 is 2.00 bits per heavy atom. The Labute approximate surface area is 206 Å². The fourth-order valence-corrected chi connectivity index (χ4v) is 5.66. The molecule has 5 rings (SSSR count). The van der Waals surface area contributed by atoms with Gasteiger partial charge in [0, 0.05) is 18.9 Å². The molecule has 1 fully saturated rings. The normalized spacial score (nSPS) is 17.6. The molecule has 0 unspecified atom stereocenters. The molecule has 2 amide bonds. The summed E-state index contributed by atoms with van der Waals surface area (Å²) in [6.07, 6.45) is 4.63. The summed E-state index contributed by atoms with van der Waals surface area (Å²) in [5, 5.41) is 15.3. The average Bonchev–Trinajstić information content (AvgIpc) is 3.24. The molecule has 8 nitrogen and oxygen atoms in total. The van der Waals surface area contributed by atoms with E-state index in [-0.39, 0.29) is 29.7 Å². The molecule has 0 radical (unpaired) electrons. The third-order valence-corrected chi connectivity index (χ3v) is 7.87. The molecule has 2 aromatic heterocycles. The first-order chi connectivity index (χ1) is 16.5. The highest BCUT2D eigenvalue weighted by atomic mass is 32.2. The van der Waals surface area contributed by atoms with Crippen molar-refractivity contribution in [2.45, 2.75) is 56.0 Å². The number of furan rings is 1. The van der Waals surface area contributed by atoms with Crippen molar-refractivity contribution >= 4 is 45.8 Å². The number of hydrogen-bond donors (Lipinski definition) is 0. The summed E-state index contributed by atoms with van der Waals surface area (Å²) in [5.41, 5.74) is 3.03. The lowest BCUT2D eigenvalue weighted by atomic mass is 10.0. The number of thioether (sulfide) groups is 1. The Hall–Kier alpha value is -2.98. The van der Waals surface area contributed by atoms with E-state index in [2.05, 4.69) is 15.3 Å². The molecule has 10 heteroatoms. The van der Waals surface area contributed by atoms with E-state index < -0.39 is 0 Å². The Balaban J connectivity index is 1.30. The predicted molar refractivity (Wildman–Crippen MR) is 132 cm³/mol. The molecule has 1 aliphatic heterocycles. The van der Waals surface area contributed by atoms with Crippen molar-refractivity contribution in [1.29, 1.82) is 0 Å². The maximum atomic E-state index is 13.2. The molecule has 0 N–H and O–H groups in total. The van der Waals surface area contributed by atoms with Gasteiger partial charge in [-0.3, -0.25) is 14.5 Å². The molecule has 0 spiro atoms. The third kappa shape index (κ3) is 4.78. The minimum atomic E-state index is -0.281. The highest BCUT2D eigenvalue weighted by Crippen LogP contribution is 2.37. The zero-order valence-corrected chi connectivity index (χ0v) is 20.6. The summed E-state index contributed by atoms with van der Waals surface area (Å²) < 4.78 is 6.28. The molecular weight excluding hydrogens is 470 g/mol.